The Bertz CT molecular complexity index is 871. The van der Waals surface area contributed by atoms with Crippen molar-refractivity contribution >= 4 is 11.6 Å². The van der Waals surface area contributed by atoms with Crippen molar-refractivity contribution in [3.63, 3.8) is 0 Å². The van der Waals surface area contributed by atoms with Gasteiger partial charge >= 0.3 is 0 Å². The molecule has 0 saturated carbocycles. The fraction of sp³-hybridized carbons (Fsp3) is 0.476. The number of amides is 1. The molecule has 0 bridgehead atoms. The van der Waals surface area contributed by atoms with E-state index in [1.807, 2.05) is 38.2 Å². The SMILES string of the molecule is CCc1ncc2c(n1)CN(C(C)C(=O)Nc1ccc3c(c1)OCCCO3)CC2. The van der Waals surface area contributed by atoms with Gasteiger partial charge < -0.3 is 14.8 Å². The molecule has 1 aromatic heterocycles. The minimum atomic E-state index is -0.260. The van der Waals surface area contributed by atoms with Gasteiger partial charge in [0.2, 0.25) is 5.91 Å². The molecule has 3 heterocycles. The molecule has 2 aromatic rings. The summed E-state index contributed by atoms with van der Waals surface area (Å²) in [5.74, 6) is 2.22. The maximum Gasteiger partial charge on any atom is 0.241 e. The second-order valence-corrected chi connectivity index (χ2v) is 7.21. The number of ether oxygens (including phenoxy) is 2. The van der Waals surface area contributed by atoms with Crippen LogP contribution in [0.15, 0.2) is 24.4 Å². The van der Waals surface area contributed by atoms with Crippen LogP contribution in [0.25, 0.3) is 0 Å². The van der Waals surface area contributed by atoms with Gasteiger partial charge in [0.15, 0.2) is 11.5 Å². The second kappa shape index (κ2) is 8.14. The molecule has 28 heavy (non-hydrogen) atoms. The predicted molar refractivity (Wildman–Crippen MR) is 106 cm³/mol. The van der Waals surface area contributed by atoms with E-state index in [0.29, 0.717) is 31.2 Å². The van der Waals surface area contributed by atoms with E-state index in [4.69, 9.17) is 9.47 Å². The maximum atomic E-state index is 12.8. The molecule has 0 spiro atoms. The molecular weight excluding hydrogens is 356 g/mol. The van der Waals surface area contributed by atoms with Crippen LogP contribution in [-0.2, 0) is 24.2 Å². The van der Waals surface area contributed by atoms with Gasteiger partial charge in [0.25, 0.3) is 0 Å². The van der Waals surface area contributed by atoms with E-state index in [-0.39, 0.29) is 11.9 Å². The van der Waals surface area contributed by atoms with Crippen LogP contribution in [0.4, 0.5) is 5.69 Å². The summed E-state index contributed by atoms with van der Waals surface area (Å²) in [6.45, 7) is 6.74. The Hall–Kier alpha value is -2.67. The van der Waals surface area contributed by atoms with Crippen LogP contribution in [0.5, 0.6) is 11.5 Å². The highest BCUT2D eigenvalue weighted by atomic mass is 16.5. The zero-order valence-electron chi connectivity index (χ0n) is 16.4. The minimum Gasteiger partial charge on any atom is -0.490 e. The molecule has 7 nitrogen and oxygen atoms in total. The van der Waals surface area contributed by atoms with Gasteiger partial charge in [-0.25, -0.2) is 9.97 Å². The maximum absolute atomic E-state index is 12.8. The van der Waals surface area contributed by atoms with Gasteiger partial charge in [-0.05, 0) is 31.0 Å². The van der Waals surface area contributed by atoms with E-state index in [1.165, 1.54) is 5.56 Å². The molecule has 2 aliphatic rings. The first-order chi connectivity index (χ1) is 13.6. The van der Waals surface area contributed by atoms with Gasteiger partial charge in [0.1, 0.15) is 5.82 Å². The number of aromatic nitrogens is 2. The summed E-state index contributed by atoms with van der Waals surface area (Å²) in [5, 5.41) is 3.01. The quantitative estimate of drug-likeness (QED) is 0.876. The molecule has 148 valence electrons. The lowest BCUT2D eigenvalue weighted by atomic mass is 10.0. The third-order valence-electron chi connectivity index (χ3n) is 5.28. The predicted octanol–water partition coefficient (Wildman–Crippen LogP) is 2.59. The molecule has 1 aromatic carbocycles. The lowest BCUT2D eigenvalue weighted by Crippen LogP contribution is -2.44. The van der Waals surface area contributed by atoms with Gasteiger partial charge in [-0.1, -0.05) is 6.92 Å². The van der Waals surface area contributed by atoms with Crippen LogP contribution >= 0.6 is 0 Å². The third kappa shape index (κ3) is 3.94. The van der Waals surface area contributed by atoms with E-state index in [0.717, 1.165) is 43.1 Å². The largest absolute Gasteiger partial charge is 0.490 e. The lowest BCUT2D eigenvalue weighted by Gasteiger charge is -2.32. The standard InChI is InChI=1S/C21H26N4O3/c1-3-20-22-12-15-7-8-25(13-17(15)24-20)14(2)21(26)23-16-5-6-18-19(11-16)28-10-4-9-27-18/h5-6,11-12,14H,3-4,7-10,13H2,1-2H3,(H,23,26). The summed E-state index contributed by atoms with van der Waals surface area (Å²) in [6, 6.07) is 5.27. The van der Waals surface area contributed by atoms with Crippen LogP contribution < -0.4 is 14.8 Å². The number of nitrogens with one attached hydrogen (secondary N) is 1. The molecular formula is C21H26N4O3. The molecule has 1 N–H and O–H groups in total. The molecule has 0 fully saturated rings. The Morgan fingerprint density at radius 1 is 1.29 bits per heavy atom. The number of benzene rings is 1. The summed E-state index contributed by atoms with van der Waals surface area (Å²) in [4.78, 5) is 24.0. The fourth-order valence-corrected chi connectivity index (χ4v) is 3.52. The van der Waals surface area contributed by atoms with Gasteiger partial charge in [0, 0.05) is 43.9 Å². The number of fused-ring (bicyclic) bond motifs is 2. The molecule has 1 unspecified atom stereocenters. The van der Waals surface area contributed by atoms with Gasteiger partial charge in [-0.2, -0.15) is 0 Å². The normalized spacial score (nSPS) is 17.4. The van der Waals surface area contributed by atoms with Crippen molar-refractivity contribution in [2.45, 2.75) is 45.7 Å². The van der Waals surface area contributed by atoms with Crippen molar-refractivity contribution in [3.05, 3.63) is 41.5 Å². The Morgan fingerprint density at radius 3 is 2.93 bits per heavy atom. The molecule has 1 atom stereocenters. The first kappa shape index (κ1) is 18.7. The zero-order chi connectivity index (χ0) is 19.5. The van der Waals surface area contributed by atoms with Gasteiger partial charge in [-0.15, -0.1) is 0 Å². The smallest absolute Gasteiger partial charge is 0.241 e. The monoisotopic (exact) mass is 382 g/mol. The number of hydrogen-bond donors (Lipinski definition) is 1. The molecule has 1 amide bonds. The van der Waals surface area contributed by atoms with Crippen LogP contribution in [0.3, 0.4) is 0 Å². The Balaban J connectivity index is 1.43. The topological polar surface area (TPSA) is 76.6 Å². The Morgan fingerprint density at radius 2 is 2.11 bits per heavy atom. The number of carbonyl (C=O) groups is 1. The van der Waals surface area contributed by atoms with E-state index in [1.54, 1.807) is 0 Å². The number of rotatable bonds is 4. The van der Waals surface area contributed by atoms with Crippen molar-refractivity contribution < 1.29 is 14.3 Å². The second-order valence-electron chi connectivity index (χ2n) is 7.21. The lowest BCUT2D eigenvalue weighted by molar-refractivity contribution is -0.121. The average molecular weight is 382 g/mol. The highest BCUT2D eigenvalue weighted by Gasteiger charge is 2.27. The molecule has 0 saturated heterocycles. The zero-order valence-corrected chi connectivity index (χ0v) is 16.4. The van der Waals surface area contributed by atoms with Gasteiger partial charge in [-0.3, -0.25) is 9.69 Å². The summed E-state index contributed by atoms with van der Waals surface area (Å²) < 4.78 is 11.4. The first-order valence-electron chi connectivity index (χ1n) is 9.92. The van der Waals surface area contributed by atoms with E-state index >= 15 is 0 Å². The number of carbonyl (C=O) groups excluding carboxylic acids is 1. The number of anilines is 1. The molecule has 4 rings (SSSR count). The van der Waals surface area contributed by atoms with Crippen LogP contribution in [0.2, 0.25) is 0 Å². The summed E-state index contributed by atoms with van der Waals surface area (Å²) >= 11 is 0. The Kier molecular flexibility index (Phi) is 5.43. The van der Waals surface area contributed by atoms with Crippen molar-refractivity contribution in [2.75, 3.05) is 25.1 Å². The minimum absolute atomic E-state index is 0.0392. The third-order valence-corrected chi connectivity index (χ3v) is 5.28. The summed E-state index contributed by atoms with van der Waals surface area (Å²) in [5.41, 5.74) is 2.94. The van der Waals surface area contributed by atoms with E-state index < -0.39 is 0 Å². The highest BCUT2D eigenvalue weighted by Crippen LogP contribution is 2.32. The fourth-order valence-electron chi connectivity index (χ4n) is 3.52. The van der Waals surface area contributed by atoms with Crippen LogP contribution in [0.1, 0.15) is 37.4 Å². The average Bonchev–Trinajstić information content (AvgIpc) is 2.97. The first-order valence-corrected chi connectivity index (χ1v) is 9.92. The van der Waals surface area contributed by atoms with Crippen LogP contribution in [-0.4, -0.2) is 46.6 Å². The van der Waals surface area contributed by atoms with E-state index in [9.17, 15) is 4.79 Å². The summed E-state index contributed by atoms with van der Waals surface area (Å²) in [6.07, 6.45) is 4.46. The van der Waals surface area contributed by atoms with Crippen LogP contribution in [0, 0.1) is 0 Å². The number of aryl methyl sites for hydroxylation is 1. The number of hydrogen-bond acceptors (Lipinski definition) is 6. The van der Waals surface area contributed by atoms with Gasteiger partial charge in [0.05, 0.1) is 24.9 Å². The van der Waals surface area contributed by atoms with Crippen molar-refractivity contribution in [1.29, 1.82) is 0 Å². The summed E-state index contributed by atoms with van der Waals surface area (Å²) in [7, 11) is 0. The van der Waals surface area contributed by atoms with E-state index in [2.05, 4.69) is 20.2 Å². The van der Waals surface area contributed by atoms with Crippen molar-refractivity contribution in [3.8, 4) is 11.5 Å². The molecule has 7 heteroatoms. The molecule has 0 aliphatic carbocycles. The molecule has 2 aliphatic heterocycles. The highest BCUT2D eigenvalue weighted by molar-refractivity contribution is 5.94. The molecule has 0 radical (unpaired) electrons. The number of nitrogens with zero attached hydrogens (tertiary/aromatic N) is 3. The Labute approximate surface area is 165 Å². The van der Waals surface area contributed by atoms with Crippen molar-refractivity contribution in [1.82, 2.24) is 14.9 Å². The van der Waals surface area contributed by atoms with Crippen molar-refractivity contribution in [2.24, 2.45) is 0 Å².